The van der Waals surface area contributed by atoms with Crippen LogP contribution in [0.2, 0.25) is 0 Å². The SMILES string of the molecule is CC(C)CCNC(=O)c1cccc(C(=O)Nc2ccccc2F)c1. The zero-order chi connectivity index (χ0) is 17.5. The van der Waals surface area contributed by atoms with Crippen molar-refractivity contribution in [1.29, 1.82) is 0 Å². The van der Waals surface area contributed by atoms with E-state index in [0.717, 1.165) is 6.42 Å². The van der Waals surface area contributed by atoms with Crippen LogP contribution in [0.3, 0.4) is 0 Å². The van der Waals surface area contributed by atoms with Crippen molar-refractivity contribution in [3.8, 4) is 0 Å². The van der Waals surface area contributed by atoms with Crippen LogP contribution < -0.4 is 10.6 Å². The molecule has 0 fully saturated rings. The lowest BCUT2D eigenvalue weighted by Gasteiger charge is -2.09. The molecule has 2 aromatic rings. The molecule has 0 aromatic heterocycles. The van der Waals surface area contributed by atoms with Crippen molar-refractivity contribution in [2.45, 2.75) is 20.3 Å². The first-order chi connectivity index (χ1) is 11.5. The van der Waals surface area contributed by atoms with Gasteiger partial charge in [-0.25, -0.2) is 4.39 Å². The van der Waals surface area contributed by atoms with Crippen LogP contribution in [0.1, 0.15) is 41.0 Å². The Morgan fingerprint density at radius 1 is 1.00 bits per heavy atom. The molecule has 24 heavy (non-hydrogen) atoms. The Kier molecular flexibility index (Phi) is 6.07. The number of benzene rings is 2. The first-order valence-electron chi connectivity index (χ1n) is 7.91. The standard InChI is InChI=1S/C19H21FN2O2/c1-13(2)10-11-21-18(23)14-6-5-7-15(12-14)19(24)22-17-9-4-3-8-16(17)20/h3-9,12-13H,10-11H2,1-2H3,(H,21,23)(H,22,24). The third-order valence-electron chi connectivity index (χ3n) is 3.52. The summed E-state index contributed by atoms with van der Waals surface area (Å²) in [5, 5.41) is 5.33. The third-order valence-corrected chi connectivity index (χ3v) is 3.52. The zero-order valence-electron chi connectivity index (χ0n) is 13.8. The predicted octanol–water partition coefficient (Wildman–Crippen LogP) is 3.85. The van der Waals surface area contributed by atoms with E-state index in [0.29, 0.717) is 23.6 Å². The second-order valence-electron chi connectivity index (χ2n) is 5.95. The molecule has 0 bridgehead atoms. The largest absolute Gasteiger partial charge is 0.352 e. The Balaban J connectivity index is 2.05. The summed E-state index contributed by atoms with van der Waals surface area (Å²) >= 11 is 0. The van der Waals surface area contributed by atoms with E-state index in [-0.39, 0.29) is 11.6 Å². The summed E-state index contributed by atoms with van der Waals surface area (Å²) < 4.78 is 13.6. The highest BCUT2D eigenvalue weighted by Gasteiger charge is 2.12. The summed E-state index contributed by atoms with van der Waals surface area (Å²) in [7, 11) is 0. The van der Waals surface area contributed by atoms with Gasteiger partial charge in [-0.2, -0.15) is 0 Å². The minimum Gasteiger partial charge on any atom is -0.352 e. The maximum atomic E-state index is 13.6. The van der Waals surface area contributed by atoms with Crippen molar-refractivity contribution in [2.75, 3.05) is 11.9 Å². The summed E-state index contributed by atoms with van der Waals surface area (Å²) in [5.41, 5.74) is 0.809. The van der Waals surface area contributed by atoms with Crippen LogP contribution in [0.15, 0.2) is 48.5 Å². The summed E-state index contributed by atoms with van der Waals surface area (Å²) in [5.74, 6) is -0.690. The molecule has 0 spiro atoms. The van der Waals surface area contributed by atoms with E-state index in [4.69, 9.17) is 0 Å². The molecule has 2 amide bonds. The summed E-state index contributed by atoms with van der Waals surface area (Å²) in [6.45, 7) is 4.75. The first-order valence-corrected chi connectivity index (χ1v) is 7.91. The highest BCUT2D eigenvalue weighted by Crippen LogP contribution is 2.14. The first kappa shape index (κ1) is 17.7. The monoisotopic (exact) mass is 328 g/mol. The van der Waals surface area contributed by atoms with Gasteiger partial charge in [0.2, 0.25) is 0 Å². The van der Waals surface area contributed by atoms with Gasteiger partial charge in [0.1, 0.15) is 5.82 Å². The van der Waals surface area contributed by atoms with Gasteiger partial charge in [0.15, 0.2) is 0 Å². The Hall–Kier alpha value is -2.69. The molecular weight excluding hydrogens is 307 g/mol. The van der Waals surface area contributed by atoms with E-state index in [1.165, 1.54) is 18.2 Å². The van der Waals surface area contributed by atoms with E-state index in [9.17, 15) is 14.0 Å². The van der Waals surface area contributed by atoms with Crippen molar-refractivity contribution in [1.82, 2.24) is 5.32 Å². The Labute approximate surface area is 141 Å². The van der Waals surface area contributed by atoms with Crippen molar-refractivity contribution < 1.29 is 14.0 Å². The number of rotatable bonds is 6. The molecule has 0 aliphatic heterocycles. The lowest BCUT2D eigenvalue weighted by atomic mass is 10.1. The second-order valence-corrected chi connectivity index (χ2v) is 5.95. The molecule has 4 nitrogen and oxygen atoms in total. The highest BCUT2D eigenvalue weighted by atomic mass is 19.1. The summed E-state index contributed by atoms with van der Waals surface area (Å²) in [4.78, 5) is 24.3. The molecule has 0 aliphatic rings. The number of anilines is 1. The molecule has 0 aliphatic carbocycles. The molecule has 0 radical (unpaired) electrons. The average Bonchev–Trinajstić information content (AvgIpc) is 2.56. The van der Waals surface area contributed by atoms with E-state index < -0.39 is 11.7 Å². The molecule has 5 heteroatoms. The topological polar surface area (TPSA) is 58.2 Å². The van der Waals surface area contributed by atoms with Gasteiger partial charge in [-0.1, -0.05) is 32.0 Å². The molecule has 0 saturated carbocycles. The molecule has 126 valence electrons. The Morgan fingerprint density at radius 2 is 1.67 bits per heavy atom. The minimum atomic E-state index is -0.506. The fourth-order valence-electron chi connectivity index (χ4n) is 2.14. The van der Waals surface area contributed by atoms with Gasteiger partial charge in [-0.05, 0) is 42.7 Å². The van der Waals surface area contributed by atoms with Gasteiger partial charge in [0, 0.05) is 17.7 Å². The quantitative estimate of drug-likeness (QED) is 0.846. The molecule has 2 N–H and O–H groups in total. The van der Waals surface area contributed by atoms with Crippen LogP contribution in [0.25, 0.3) is 0 Å². The summed E-state index contributed by atoms with van der Waals surface area (Å²) in [6.07, 6.45) is 0.888. The van der Waals surface area contributed by atoms with Gasteiger partial charge in [-0.3, -0.25) is 9.59 Å². The lowest BCUT2D eigenvalue weighted by molar-refractivity contribution is 0.0952. The number of amides is 2. The van der Waals surface area contributed by atoms with Crippen LogP contribution in [-0.4, -0.2) is 18.4 Å². The minimum absolute atomic E-state index is 0.106. The van der Waals surface area contributed by atoms with Crippen molar-refractivity contribution in [3.05, 3.63) is 65.5 Å². The van der Waals surface area contributed by atoms with Crippen molar-refractivity contribution >= 4 is 17.5 Å². The number of hydrogen-bond acceptors (Lipinski definition) is 2. The van der Waals surface area contributed by atoms with E-state index in [1.54, 1.807) is 30.3 Å². The highest BCUT2D eigenvalue weighted by molar-refractivity contribution is 6.06. The lowest BCUT2D eigenvalue weighted by Crippen LogP contribution is -2.25. The number of carbonyl (C=O) groups excluding carboxylic acids is 2. The van der Waals surface area contributed by atoms with Gasteiger partial charge in [0.25, 0.3) is 11.8 Å². The maximum absolute atomic E-state index is 13.6. The number of carbonyl (C=O) groups is 2. The van der Waals surface area contributed by atoms with Crippen LogP contribution in [0.4, 0.5) is 10.1 Å². The van der Waals surface area contributed by atoms with Crippen LogP contribution in [-0.2, 0) is 0 Å². The molecule has 0 saturated heterocycles. The number of hydrogen-bond donors (Lipinski definition) is 2. The average molecular weight is 328 g/mol. The third kappa shape index (κ3) is 4.91. The van der Waals surface area contributed by atoms with Crippen molar-refractivity contribution in [2.24, 2.45) is 5.92 Å². The summed E-state index contributed by atoms with van der Waals surface area (Å²) in [6, 6.07) is 12.3. The molecular formula is C19H21FN2O2. The van der Waals surface area contributed by atoms with Gasteiger partial charge < -0.3 is 10.6 Å². The predicted molar refractivity (Wildman–Crippen MR) is 92.6 cm³/mol. The van der Waals surface area contributed by atoms with Crippen molar-refractivity contribution in [3.63, 3.8) is 0 Å². The smallest absolute Gasteiger partial charge is 0.255 e. The van der Waals surface area contributed by atoms with Crippen LogP contribution >= 0.6 is 0 Å². The van der Waals surface area contributed by atoms with E-state index in [2.05, 4.69) is 24.5 Å². The van der Waals surface area contributed by atoms with E-state index >= 15 is 0 Å². The maximum Gasteiger partial charge on any atom is 0.255 e. The zero-order valence-corrected chi connectivity index (χ0v) is 13.8. The molecule has 0 unspecified atom stereocenters. The van der Waals surface area contributed by atoms with E-state index in [1.807, 2.05) is 0 Å². The molecule has 2 rings (SSSR count). The fraction of sp³-hybridized carbons (Fsp3) is 0.263. The number of nitrogens with one attached hydrogen (secondary N) is 2. The molecule has 2 aromatic carbocycles. The number of para-hydroxylation sites is 1. The Bertz CT molecular complexity index is 729. The molecule has 0 atom stereocenters. The van der Waals surface area contributed by atoms with Crippen LogP contribution in [0.5, 0.6) is 0 Å². The van der Waals surface area contributed by atoms with Gasteiger partial charge >= 0.3 is 0 Å². The normalized spacial score (nSPS) is 10.5. The Morgan fingerprint density at radius 3 is 2.33 bits per heavy atom. The second kappa shape index (κ2) is 8.24. The van der Waals surface area contributed by atoms with Crippen LogP contribution in [0, 0.1) is 11.7 Å². The van der Waals surface area contributed by atoms with Gasteiger partial charge in [-0.15, -0.1) is 0 Å². The molecule has 0 heterocycles. The van der Waals surface area contributed by atoms with Gasteiger partial charge in [0.05, 0.1) is 5.69 Å². The number of halogens is 1. The fourth-order valence-corrected chi connectivity index (χ4v) is 2.14.